The van der Waals surface area contributed by atoms with E-state index in [9.17, 15) is 14.7 Å². The number of aromatic nitrogens is 1. The first-order valence-electron chi connectivity index (χ1n) is 6.69. The van der Waals surface area contributed by atoms with Gasteiger partial charge >= 0.3 is 5.97 Å². The van der Waals surface area contributed by atoms with Crippen molar-refractivity contribution in [2.45, 2.75) is 6.92 Å². The first-order valence-corrected chi connectivity index (χ1v) is 6.69. The molecule has 0 spiro atoms. The van der Waals surface area contributed by atoms with E-state index in [0.29, 0.717) is 10.9 Å². The maximum absolute atomic E-state index is 12.0. The number of carbonyl (C=O) groups excluding carboxylic acids is 2. The van der Waals surface area contributed by atoms with Crippen molar-refractivity contribution in [3.63, 3.8) is 0 Å². The maximum Gasteiger partial charge on any atom is 0.344 e. The molecule has 7 heteroatoms. The second-order valence-corrected chi connectivity index (χ2v) is 4.37. The van der Waals surface area contributed by atoms with Gasteiger partial charge in [0.15, 0.2) is 6.61 Å². The molecule has 0 aliphatic carbocycles. The highest BCUT2D eigenvalue weighted by atomic mass is 16.6. The normalized spacial score (nSPS) is 10.3. The second-order valence-electron chi connectivity index (χ2n) is 4.37. The molecule has 116 valence electrons. The summed E-state index contributed by atoms with van der Waals surface area (Å²) in [6.07, 6.45) is 1.44. The number of nitrogens with one attached hydrogen (secondary N) is 1. The first kappa shape index (κ1) is 15.6. The number of ether oxygens (including phenoxy) is 2. The number of fused-ring (bicyclic) bond motifs is 1. The Bertz CT molecular complexity index is 714. The Hall–Kier alpha value is -2.83. The molecule has 2 N–H and O–H groups in total. The van der Waals surface area contributed by atoms with Gasteiger partial charge < -0.3 is 19.9 Å². The fourth-order valence-electron chi connectivity index (χ4n) is 1.93. The lowest BCUT2D eigenvalue weighted by Crippen LogP contribution is -2.21. The maximum atomic E-state index is 12.0. The van der Waals surface area contributed by atoms with Crippen LogP contribution in [0.4, 0.5) is 0 Å². The third kappa shape index (κ3) is 3.25. The van der Waals surface area contributed by atoms with E-state index in [0.717, 1.165) is 0 Å². The van der Waals surface area contributed by atoms with E-state index in [2.05, 4.69) is 10.3 Å². The molecule has 0 fully saturated rings. The van der Waals surface area contributed by atoms with Gasteiger partial charge in [0.25, 0.3) is 5.91 Å². The largest absolute Gasteiger partial charge is 0.507 e. The van der Waals surface area contributed by atoms with E-state index in [1.54, 1.807) is 6.92 Å². The lowest BCUT2D eigenvalue weighted by atomic mass is 10.1. The summed E-state index contributed by atoms with van der Waals surface area (Å²) in [7, 11) is 1.48. The summed E-state index contributed by atoms with van der Waals surface area (Å²) in [6, 6.07) is 4.39. The average molecular weight is 304 g/mol. The molecule has 0 saturated heterocycles. The summed E-state index contributed by atoms with van der Waals surface area (Å²) in [6.45, 7) is 1.62. The minimum absolute atomic E-state index is 0.00657. The quantitative estimate of drug-likeness (QED) is 0.807. The van der Waals surface area contributed by atoms with Gasteiger partial charge in [-0.25, -0.2) is 4.79 Å². The number of pyridine rings is 1. The molecular weight excluding hydrogens is 288 g/mol. The predicted molar refractivity (Wildman–Crippen MR) is 78.9 cm³/mol. The molecule has 0 unspecified atom stereocenters. The van der Waals surface area contributed by atoms with Crippen LogP contribution in [0, 0.1) is 0 Å². The van der Waals surface area contributed by atoms with Crippen molar-refractivity contribution in [1.82, 2.24) is 10.3 Å². The summed E-state index contributed by atoms with van der Waals surface area (Å²) in [5.74, 6) is -0.733. The van der Waals surface area contributed by atoms with Gasteiger partial charge in [0.1, 0.15) is 11.5 Å². The topological polar surface area (TPSA) is 97.8 Å². The lowest BCUT2D eigenvalue weighted by molar-refractivity contribution is -0.145. The number of carbonyl (C=O) groups is 2. The zero-order valence-corrected chi connectivity index (χ0v) is 12.3. The molecular formula is C15H16N2O5. The van der Waals surface area contributed by atoms with E-state index >= 15 is 0 Å². The highest BCUT2D eigenvalue weighted by Crippen LogP contribution is 2.30. The van der Waals surface area contributed by atoms with Gasteiger partial charge in [-0.3, -0.25) is 9.78 Å². The smallest absolute Gasteiger partial charge is 0.344 e. The van der Waals surface area contributed by atoms with Crippen molar-refractivity contribution < 1.29 is 24.2 Å². The number of hydrogen-bond acceptors (Lipinski definition) is 6. The third-order valence-corrected chi connectivity index (χ3v) is 2.94. The van der Waals surface area contributed by atoms with Gasteiger partial charge in [0.05, 0.1) is 17.7 Å². The van der Waals surface area contributed by atoms with Crippen molar-refractivity contribution >= 4 is 22.8 Å². The molecule has 0 saturated carbocycles. The van der Waals surface area contributed by atoms with Gasteiger partial charge in [-0.05, 0) is 19.1 Å². The Balaban J connectivity index is 2.41. The summed E-state index contributed by atoms with van der Waals surface area (Å²) in [5.41, 5.74) is 0.647. The molecule has 2 rings (SSSR count). The number of hydrogen-bond donors (Lipinski definition) is 2. The molecule has 0 bridgehead atoms. The van der Waals surface area contributed by atoms with Crippen LogP contribution in [0.1, 0.15) is 17.3 Å². The Labute approximate surface area is 126 Å². The summed E-state index contributed by atoms with van der Waals surface area (Å²) in [5, 5.41) is 12.7. The molecule has 1 aromatic heterocycles. The molecule has 0 aliphatic rings. The van der Waals surface area contributed by atoms with Crippen molar-refractivity contribution in [2.75, 3.05) is 20.3 Å². The zero-order chi connectivity index (χ0) is 16.1. The Morgan fingerprint density at radius 2 is 2.14 bits per heavy atom. The average Bonchev–Trinajstić information content (AvgIpc) is 2.52. The Kier molecular flexibility index (Phi) is 4.77. The molecule has 0 aliphatic heterocycles. The van der Waals surface area contributed by atoms with Crippen molar-refractivity contribution in [3.8, 4) is 11.5 Å². The van der Waals surface area contributed by atoms with Gasteiger partial charge in [0, 0.05) is 24.7 Å². The Morgan fingerprint density at radius 1 is 1.36 bits per heavy atom. The van der Waals surface area contributed by atoms with Crippen LogP contribution in [0.5, 0.6) is 11.5 Å². The Morgan fingerprint density at radius 3 is 2.82 bits per heavy atom. The molecule has 1 amide bonds. The highest BCUT2D eigenvalue weighted by molar-refractivity contribution is 6.02. The molecule has 22 heavy (non-hydrogen) atoms. The van der Waals surface area contributed by atoms with Crippen LogP contribution in [0.15, 0.2) is 24.4 Å². The number of aromatic hydroxyl groups is 1. The summed E-state index contributed by atoms with van der Waals surface area (Å²) >= 11 is 0. The second kappa shape index (κ2) is 6.75. The van der Waals surface area contributed by atoms with Gasteiger partial charge in [-0.2, -0.15) is 0 Å². The molecule has 1 heterocycles. The van der Waals surface area contributed by atoms with Gasteiger partial charge in [0.2, 0.25) is 0 Å². The number of rotatable bonds is 5. The molecule has 0 radical (unpaired) electrons. The molecule has 2 aromatic rings. The zero-order valence-electron chi connectivity index (χ0n) is 12.3. The SMILES string of the molecule is CCOC(=O)COc1cc2nccc(O)c2cc1C(=O)NC. The first-order chi connectivity index (χ1) is 10.6. The summed E-state index contributed by atoms with van der Waals surface area (Å²) < 4.78 is 10.1. The number of amides is 1. The standard InChI is InChI=1S/C15H16N2O5/c1-3-21-14(19)8-22-13-7-11-9(12(18)4-5-17-11)6-10(13)15(20)16-2/h4-7H,3,8H2,1-2H3,(H,16,20)(H,17,18). The highest BCUT2D eigenvalue weighted by Gasteiger charge is 2.16. The van der Waals surface area contributed by atoms with Crippen LogP contribution in [-0.2, 0) is 9.53 Å². The van der Waals surface area contributed by atoms with E-state index in [1.165, 1.54) is 31.4 Å². The van der Waals surface area contributed by atoms with E-state index in [4.69, 9.17) is 9.47 Å². The molecule has 0 atom stereocenters. The van der Waals surface area contributed by atoms with E-state index in [1.807, 2.05) is 0 Å². The van der Waals surface area contributed by atoms with Gasteiger partial charge in [-0.15, -0.1) is 0 Å². The minimum Gasteiger partial charge on any atom is -0.507 e. The van der Waals surface area contributed by atoms with Crippen LogP contribution in [-0.4, -0.2) is 42.2 Å². The fraction of sp³-hybridized carbons (Fsp3) is 0.267. The summed E-state index contributed by atoms with van der Waals surface area (Å²) in [4.78, 5) is 27.4. The predicted octanol–water partition coefficient (Wildman–Crippen LogP) is 1.24. The molecule has 7 nitrogen and oxygen atoms in total. The monoisotopic (exact) mass is 304 g/mol. The van der Waals surface area contributed by atoms with Crippen LogP contribution in [0.3, 0.4) is 0 Å². The van der Waals surface area contributed by atoms with E-state index in [-0.39, 0.29) is 30.3 Å². The third-order valence-electron chi connectivity index (χ3n) is 2.94. The number of nitrogens with zero attached hydrogens (tertiary/aromatic N) is 1. The van der Waals surface area contributed by atoms with Crippen LogP contribution < -0.4 is 10.1 Å². The molecule has 1 aromatic carbocycles. The number of benzene rings is 1. The van der Waals surface area contributed by atoms with Crippen LogP contribution in [0.25, 0.3) is 10.9 Å². The van der Waals surface area contributed by atoms with E-state index < -0.39 is 11.9 Å². The van der Waals surface area contributed by atoms with Crippen LogP contribution in [0.2, 0.25) is 0 Å². The van der Waals surface area contributed by atoms with Crippen molar-refractivity contribution in [2.24, 2.45) is 0 Å². The lowest BCUT2D eigenvalue weighted by Gasteiger charge is -2.12. The minimum atomic E-state index is -0.533. The van der Waals surface area contributed by atoms with Crippen molar-refractivity contribution in [3.05, 3.63) is 30.0 Å². The number of esters is 1. The van der Waals surface area contributed by atoms with Gasteiger partial charge in [-0.1, -0.05) is 0 Å². The van der Waals surface area contributed by atoms with Crippen molar-refractivity contribution in [1.29, 1.82) is 0 Å². The fourth-order valence-corrected chi connectivity index (χ4v) is 1.93. The van der Waals surface area contributed by atoms with Crippen LogP contribution >= 0.6 is 0 Å².